The quantitative estimate of drug-likeness (QED) is 0.153. The molecule has 0 radical (unpaired) electrons. The molecule has 16 heterocycles. The zero-order valence-electron chi connectivity index (χ0n) is 53.7. The molecular formula is C85H49N13O4. The Morgan fingerprint density at radius 3 is 1.25 bits per heavy atom. The molecule has 23 aromatic rings. The molecule has 0 fully saturated rings. The second kappa shape index (κ2) is 22.6. The fraction of sp³-hybridized carbons (Fsp3) is 0. The van der Waals surface area contributed by atoms with Gasteiger partial charge < -0.3 is 35.9 Å². The van der Waals surface area contributed by atoms with E-state index in [1.165, 1.54) is 21.8 Å². The van der Waals surface area contributed by atoms with Crippen molar-refractivity contribution in [1.29, 1.82) is 0 Å². The zero-order valence-corrected chi connectivity index (χ0v) is 53.7. The number of pyridine rings is 8. The summed E-state index contributed by atoms with van der Waals surface area (Å²) in [5, 5.41) is 9.66. The van der Waals surface area contributed by atoms with Crippen LogP contribution in [0.1, 0.15) is 0 Å². The molecule has 102 heavy (non-hydrogen) atoms. The average Bonchev–Trinajstić information content (AvgIpc) is 1.60. The molecule has 16 aromatic heterocycles. The van der Waals surface area contributed by atoms with Gasteiger partial charge in [0.2, 0.25) is 0 Å². The van der Waals surface area contributed by atoms with Crippen LogP contribution in [-0.4, -0.2) is 63.1 Å². The van der Waals surface area contributed by atoms with Gasteiger partial charge in [-0.15, -0.1) is 0 Å². The van der Waals surface area contributed by atoms with Gasteiger partial charge in [0.15, 0.2) is 22.3 Å². The van der Waals surface area contributed by atoms with Gasteiger partial charge in [0.1, 0.15) is 44.4 Å². The maximum Gasteiger partial charge on any atom is 0.177 e. The fourth-order valence-corrected chi connectivity index (χ4v) is 14.9. The topological polar surface area (TPSA) is 188 Å². The Morgan fingerprint density at radius 1 is 0.255 bits per heavy atom. The lowest BCUT2D eigenvalue weighted by atomic mass is 10.0. The smallest absolute Gasteiger partial charge is 0.177 e. The van der Waals surface area contributed by atoms with Crippen molar-refractivity contribution in [2.75, 3.05) is 0 Å². The van der Waals surface area contributed by atoms with Crippen LogP contribution in [0.15, 0.2) is 317 Å². The maximum atomic E-state index is 6.45. The molecule has 478 valence electrons. The number of benzene rings is 7. The maximum absolute atomic E-state index is 6.45. The first-order valence-electron chi connectivity index (χ1n) is 33.2. The van der Waals surface area contributed by atoms with Crippen LogP contribution >= 0.6 is 0 Å². The molecule has 0 saturated heterocycles. The molecular weight excluding hydrogens is 1270 g/mol. The largest absolute Gasteiger partial charge is 0.454 e. The lowest BCUT2D eigenvalue weighted by Gasteiger charge is -2.07. The SMILES string of the molecule is c1ccc(-c2ccnc3c2oc2ccc(-n4c5ccccc5c5ncccc54)cc23)nc1.c1ccc2c(c1)c1ccccc1n2-c1ccc2oc3c(-n4ccnc4)ccnc3c2c1.c1ccc2c(c1)oc1c(-c3ccnc4c3oc3ccc(-n5c6ccncc6c6cnccc65)cc34)ccnc12. The molecule has 17 nitrogen and oxygen atoms in total. The Hall–Kier alpha value is -14.5. The van der Waals surface area contributed by atoms with E-state index in [4.69, 9.17) is 22.7 Å². The highest BCUT2D eigenvalue weighted by Gasteiger charge is 2.23. The molecule has 0 aliphatic heterocycles. The number of fused-ring (bicyclic) bond motifs is 21. The van der Waals surface area contributed by atoms with Crippen LogP contribution in [0.4, 0.5) is 0 Å². The molecule has 0 bridgehead atoms. The van der Waals surface area contributed by atoms with E-state index < -0.39 is 0 Å². The summed E-state index contributed by atoms with van der Waals surface area (Å²) in [5.74, 6) is 0. The van der Waals surface area contributed by atoms with Gasteiger partial charge in [-0.25, -0.2) is 4.98 Å². The zero-order chi connectivity index (χ0) is 66.9. The van der Waals surface area contributed by atoms with E-state index in [0.717, 1.165) is 172 Å². The number of hydrogen-bond acceptors (Lipinski definition) is 13. The van der Waals surface area contributed by atoms with E-state index in [1.54, 1.807) is 18.7 Å². The number of nitrogens with zero attached hydrogens (tertiary/aromatic N) is 13. The minimum absolute atomic E-state index is 0.716. The van der Waals surface area contributed by atoms with Crippen molar-refractivity contribution in [3.05, 3.63) is 299 Å². The van der Waals surface area contributed by atoms with E-state index in [-0.39, 0.29) is 0 Å². The minimum Gasteiger partial charge on any atom is -0.454 e. The molecule has 0 aliphatic rings. The van der Waals surface area contributed by atoms with Gasteiger partial charge >= 0.3 is 0 Å². The molecule has 17 heteroatoms. The van der Waals surface area contributed by atoms with Crippen LogP contribution in [0.25, 0.3) is 199 Å². The molecule has 23 rings (SSSR count). The Labute approximate surface area is 575 Å². The van der Waals surface area contributed by atoms with Gasteiger partial charge in [0.25, 0.3) is 0 Å². The lowest BCUT2D eigenvalue weighted by Crippen LogP contribution is -1.93. The molecule has 0 unspecified atom stereocenters. The molecule has 0 atom stereocenters. The Kier molecular flexibility index (Phi) is 12.5. The predicted molar refractivity (Wildman–Crippen MR) is 402 cm³/mol. The molecule has 0 spiro atoms. The summed E-state index contributed by atoms with van der Waals surface area (Å²) in [6, 6.07) is 74.0. The van der Waals surface area contributed by atoms with E-state index in [2.05, 4.69) is 169 Å². The van der Waals surface area contributed by atoms with Gasteiger partial charge in [-0.1, -0.05) is 72.8 Å². The first-order valence-corrected chi connectivity index (χ1v) is 33.2. The van der Waals surface area contributed by atoms with Crippen LogP contribution in [0.3, 0.4) is 0 Å². The third-order valence-corrected chi connectivity index (χ3v) is 19.4. The van der Waals surface area contributed by atoms with Crippen molar-refractivity contribution >= 4 is 154 Å². The van der Waals surface area contributed by atoms with Crippen LogP contribution in [-0.2, 0) is 0 Å². The third-order valence-electron chi connectivity index (χ3n) is 19.4. The summed E-state index contributed by atoms with van der Waals surface area (Å²) in [7, 11) is 0. The van der Waals surface area contributed by atoms with Crippen molar-refractivity contribution in [2.24, 2.45) is 0 Å². The highest BCUT2D eigenvalue weighted by Crippen LogP contribution is 2.43. The summed E-state index contributed by atoms with van der Waals surface area (Å²) < 4.78 is 34.0. The Balaban J connectivity index is 0.000000100. The van der Waals surface area contributed by atoms with Crippen LogP contribution in [0.2, 0.25) is 0 Å². The number of rotatable bonds is 6. The first-order chi connectivity index (χ1) is 50.6. The molecule has 0 saturated carbocycles. The summed E-state index contributed by atoms with van der Waals surface area (Å²) in [4.78, 5) is 40.7. The van der Waals surface area contributed by atoms with Gasteiger partial charge in [0.05, 0.1) is 56.3 Å². The third kappa shape index (κ3) is 8.74. The highest BCUT2D eigenvalue weighted by molar-refractivity contribution is 6.16. The molecule has 0 N–H and O–H groups in total. The van der Waals surface area contributed by atoms with Crippen LogP contribution in [0.5, 0.6) is 0 Å². The predicted octanol–water partition coefficient (Wildman–Crippen LogP) is 20.6. The van der Waals surface area contributed by atoms with Crippen LogP contribution < -0.4 is 0 Å². The van der Waals surface area contributed by atoms with Crippen molar-refractivity contribution in [2.45, 2.75) is 0 Å². The van der Waals surface area contributed by atoms with E-state index >= 15 is 0 Å². The monoisotopic (exact) mass is 1320 g/mol. The van der Waals surface area contributed by atoms with E-state index in [1.807, 2.05) is 170 Å². The normalized spacial score (nSPS) is 11.9. The van der Waals surface area contributed by atoms with Crippen molar-refractivity contribution in [1.82, 2.24) is 63.1 Å². The van der Waals surface area contributed by atoms with E-state index in [9.17, 15) is 0 Å². The number of hydrogen-bond donors (Lipinski definition) is 0. The van der Waals surface area contributed by atoms with Gasteiger partial charge in [-0.3, -0.25) is 39.9 Å². The number of imidazole rings is 1. The Bertz CT molecular complexity index is 7140. The van der Waals surface area contributed by atoms with Gasteiger partial charge in [0, 0.05) is 157 Å². The number of para-hydroxylation sites is 4. The summed E-state index contributed by atoms with van der Waals surface area (Å²) in [6.45, 7) is 0. The lowest BCUT2D eigenvalue weighted by molar-refractivity contribution is 0.664. The number of furan rings is 4. The standard InChI is InChI=1S/C32H17N5O2.C27H16N4O.C26H16N4O/c1-2-4-27-21(3-1)29-31(38-27)19(7-13-35-29)20-8-14-36-30-22-15-18(5-6-28(22)39-32(20)30)37-25-9-11-33-16-23(25)24-17-34-12-10-26(24)37;1-2-8-22-19(6-1)25-23(9-5-14-29-25)31(22)17-10-11-24-20(16-17)26-27(32-24)18(12-15-30-26)21-7-3-4-13-28-21;1-3-7-21-18(5-1)19-6-2-4-8-22(19)30(21)17-9-10-24-20(15-17)25-26(31-24)23(11-12-28-25)29-14-13-27-16-29/h1-17H;1-16H;1-16H. The average molecular weight is 1320 g/mol. The summed E-state index contributed by atoms with van der Waals surface area (Å²) >= 11 is 0. The molecule has 0 aliphatic carbocycles. The van der Waals surface area contributed by atoms with Crippen molar-refractivity contribution in [3.63, 3.8) is 0 Å². The van der Waals surface area contributed by atoms with Crippen molar-refractivity contribution in [3.8, 4) is 45.1 Å². The first kappa shape index (κ1) is 56.7. The second-order valence-corrected chi connectivity index (χ2v) is 25.0. The molecule has 0 amide bonds. The van der Waals surface area contributed by atoms with E-state index in [0.29, 0.717) is 5.58 Å². The van der Waals surface area contributed by atoms with Crippen molar-refractivity contribution < 1.29 is 17.7 Å². The number of aromatic nitrogens is 13. The molecule has 7 aromatic carbocycles. The highest BCUT2D eigenvalue weighted by atomic mass is 16.3. The van der Waals surface area contributed by atoms with Gasteiger partial charge in [-0.05, 0) is 146 Å². The Morgan fingerprint density at radius 2 is 0.686 bits per heavy atom. The summed E-state index contributed by atoms with van der Waals surface area (Å²) in [6.07, 6.45) is 23.8. The van der Waals surface area contributed by atoms with Gasteiger partial charge in [-0.2, -0.15) is 0 Å². The summed E-state index contributed by atoms with van der Waals surface area (Å²) in [5.41, 5.74) is 24.9. The fourth-order valence-electron chi connectivity index (χ4n) is 14.9. The second-order valence-electron chi connectivity index (χ2n) is 25.0. The van der Waals surface area contributed by atoms with Crippen LogP contribution in [0, 0.1) is 0 Å². The minimum atomic E-state index is 0.716.